The lowest BCUT2D eigenvalue weighted by Crippen LogP contribution is -2.18. The minimum Gasteiger partial charge on any atom is -0.490 e. The number of nitrogens with one attached hydrogen (secondary N) is 1. The van der Waals surface area contributed by atoms with E-state index in [2.05, 4.69) is 49.0 Å². The smallest absolute Gasteiger partial charge is 0.339 e. The van der Waals surface area contributed by atoms with Crippen molar-refractivity contribution in [1.29, 1.82) is 0 Å². The fourth-order valence-electron chi connectivity index (χ4n) is 2.93. The molecular formula is C25H21Br2ClN2O6S. The number of amides is 1. The first-order chi connectivity index (χ1) is 17.6. The first-order valence-corrected chi connectivity index (χ1v) is 14.0. The van der Waals surface area contributed by atoms with Crippen molar-refractivity contribution < 1.29 is 26.9 Å². The van der Waals surface area contributed by atoms with Crippen molar-refractivity contribution in [3.05, 3.63) is 92.3 Å². The zero-order valence-corrected chi connectivity index (χ0v) is 24.2. The molecule has 0 bridgehead atoms. The number of carbonyl (C=O) groups excluding carboxylic acids is 1. The van der Waals surface area contributed by atoms with Gasteiger partial charge in [-0.2, -0.15) is 13.5 Å². The number of benzene rings is 3. The molecule has 3 rings (SSSR count). The second kappa shape index (κ2) is 13.1. The molecule has 194 valence electrons. The normalized spacial score (nSPS) is 11.2. The van der Waals surface area contributed by atoms with Gasteiger partial charge in [-0.05, 0) is 77.5 Å². The molecule has 8 nitrogen and oxygen atoms in total. The third-order valence-corrected chi connectivity index (χ3v) is 7.10. The van der Waals surface area contributed by atoms with E-state index in [1.54, 1.807) is 30.3 Å². The van der Waals surface area contributed by atoms with Crippen molar-refractivity contribution in [2.75, 3.05) is 13.2 Å². The summed E-state index contributed by atoms with van der Waals surface area (Å²) >= 11 is 12.5. The molecule has 12 heteroatoms. The highest BCUT2D eigenvalue weighted by Crippen LogP contribution is 2.34. The number of hydrazone groups is 1. The number of carbonyl (C=O) groups is 1. The summed E-state index contributed by atoms with van der Waals surface area (Å²) < 4.78 is 43.1. The lowest BCUT2D eigenvalue weighted by atomic mass is 10.2. The number of halogens is 3. The molecule has 0 radical (unpaired) electrons. The van der Waals surface area contributed by atoms with Crippen molar-refractivity contribution in [1.82, 2.24) is 5.43 Å². The molecule has 0 aliphatic carbocycles. The quantitative estimate of drug-likeness (QED) is 0.110. The highest BCUT2D eigenvalue weighted by atomic mass is 79.9. The summed E-state index contributed by atoms with van der Waals surface area (Å²) in [6, 6.07) is 13.5. The van der Waals surface area contributed by atoms with Crippen LogP contribution in [-0.2, 0) is 10.1 Å². The van der Waals surface area contributed by atoms with Crippen LogP contribution in [0.25, 0.3) is 0 Å². The van der Waals surface area contributed by atoms with Gasteiger partial charge >= 0.3 is 10.1 Å². The predicted molar refractivity (Wildman–Crippen MR) is 149 cm³/mol. The molecule has 0 spiro atoms. The van der Waals surface area contributed by atoms with Gasteiger partial charge in [-0.15, -0.1) is 0 Å². The molecule has 0 heterocycles. The molecule has 0 aromatic heterocycles. The van der Waals surface area contributed by atoms with Crippen molar-refractivity contribution >= 4 is 65.7 Å². The molecule has 0 aliphatic rings. The van der Waals surface area contributed by atoms with E-state index < -0.39 is 16.0 Å². The Kier molecular flexibility index (Phi) is 10.2. The average Bonchev–Trinajstić information content (AvgIpc) is 2.85. The van der Waals surface area contributed by atoms with E-state index in [0.29, 0.717) is 32.1 Å². The highest BCUT2D eigenvalue weighted by Gasteiger charge is 2.21. The third kappa shape index (κ3) is 7.81. The number of hydrogen-bond acceptors (Lipinski definition) is 7. The van der Waals surface area contributed by atoms with Gasteiger partial charge in [0.05, 0.1) is 17.3 Å². The summed E-state index contributed by atoms with van der Waals surface area (Å²) in [4.78, 5) is 12.6. The second-order valence-corrected chi connectivity index (χ2v) is 10.9. The van der Waals surface area contributed by atoms with Crippen LogP contribution < -0.4 is 19.1 Å². The van der Waals surface area contributed by atoms with E-state index in [1.807, 2.05) is 6.92 Å². The molecule has 0 saturated carbocycles. The van der Waals surface area contributed by atoms with Crippen LogP contribution in [0.15, 0.2) is 86.2 Å². The van der Waals surface area contributed by atoms with Gasteiger partial charge in [0.2, 0.25) is 0 Å². The Morgan fingerprint density at radius 2 is 1.81 bits per heavy atom. The monoisotopic (exact) mass is 670 g/mol. The number of nitrogens with zero attached hydrogens (tertiary/aromatic N) is 1. The molecule has 0 fully saturated rings. The average molecular weight is 673 g/mol. The summed E-state index contributed by atoms with van der Waals surface area (Å²) in [6.07, 6.45) is 2.87. The zero-order valence-electron chi connectivity index (χ0n) is 19.4. The molecule has 0 saturated heterocycles. The van der Waals surface area contributed by atoms with Crippen LogP contribution in [0, 0.1) is 0 Å². The van der Waals surface area contributed by atoms with Crippen LogP contribution in [-0.4, -0.2) is 33.8 Å². The maximum Gasteiger partial charge on any atom is 0.339 e. The van der Waals surface area contributed by atoms with E-state index in [0.717, 1.165) is 0 Å². The zero-order chi connectivity index (χ0) is 27.0. The van der Waals surface area contributed by atoms with Crippen LogP contribution in [0.1, 0.15) is 22.8 Å². The predicted octanol–water partition coefficient (Wildman–Crippen LogP) is 6.36. The van der Waals surface area contributed by atoms with Crippen molar-refractivity contribution in [2.45, 2.75) is 11.8 Å². The van der Waals surface area contributed by atoms with Gasteiger partial charge in [-0.25, -0.2) is 5.43 Å². The maximum absolute atomic E-state index is 12.8. The minimum absolute atomic E-state index is 0.0153. The Morgan fingerprint density at radius 3 is 2.49 bits per heavy atom. The van der Waals surface area contributed by atoms with E-state index in [1.165, 1.54) is 36.5 Å². The van der Waals surface area contributed by atoms with Gasteiger partial charge in [0.25, 0.3) is 5.91 Å². The molecule has 3 aromatic rings. The van der Waals surface area contributed by atoms with Crippen molar-refractivity contribution in [3.63, 3.8) is 0 Å². The molecule has 1 amide bonds. The number of rotatable bonds is 11. The Bertz CT molecular complexity index is 1430. The first-order valence-electron chi connectivity index (χ1n) is 10.7. The summed E-state index contributed by atoms with van der Waals surface area (Å²) in [5.41, 5.74) is 2.98. The van der Waals surface area contributed by atoms with E-state index in [-0.39, 0.29) is 28.4 Å². The fourth-order valence-corrected chi connectivity index (χ4v) is 5.48. The molecular weight excluding hydrogens is 652 g/mol. The van der Waals surface area contributed by atoms with E-state index in [9.17, 15) is 13.2 Å². The summed E-state index contributed by atoms with van der Waals surface area (Å²) in [5.74, 6) is 0.348. The molecule has 1 N–H and O–H groups in total. The van der Waals surface area contributed by atoms with Gasteiger partial charge < -0.3 is 13.7 Å². The molecule has 0 atom stereocenters. The first kappa shape index (κ1) is 28.7. The summed E-state index contributed by atoms with van der Waals surface area (Å²) in [5, 5.41) is 4.37. The van der Waals surface area contributed by atoms with Crippen LogP contribution in [0.4, 0.5) is 0 Å². The Morgan fingerprint density at radius 1 is 1.08 bits per heavy atom. The molecule has 0 unspecified atom stereocenters. The van der Waals surface area contributed by atoms with E-state index in [4.69, 9.17) is 25.3 Å². The second-order valence-electron chi connectivity index (χ2n) is 7.19. The van der Waals surface area contributed by atoms with E-state index >= 15 is 0 Å². The van der Waals surface area contributed by atoms with Gasteiger partial charge in [0.15, 0.2) is 17.2 Å². The standard InChI is InChI=1S/C25H21Br2ClN2O6S/c1-3-11-35-22-10-5-16(13-23(22)34-4-2)25(31)30-29-15-17-12-18(26)14-21(27)24(17)36-37(32,33)20-8-6-19(28)7-9-20/h3,5-10,12-15H,1,4,11H2,2H3,(H,30,31)/b29-15+. The highest BCUT2D eigenvalue weighted by molar-refractivity contribution is 9.11. The molecule has 0 aliphatic heterocycles. The largest absolute Gasteiger partial charge is 0.490 e. The van der Waals surface area contributed by atoms with Crippen molar-refractivity contribution in [2.24, 2.45) is 5.10 Å². The SMILES string of the molecule is C=CCOc1ccc(C(=O)N/N=C/c2cc(Br)cc(Br)c2OS(=O)(=O)c2ccc(Cl)cc2)cc1OCC. The topological polar surface area (TPSA) is 103 Å². The van der Waals surface area contributed by atoms with Gasteiger partial charge in [-0.1, -0.05) is 40.2 Å². The maximum atomic E-state index is 12.8. The Balaban J connectivity index is 1.82. The lowest BCUT2D eigenvalue weighted by molar-refractivity contribution is 0.0954. The number of hydrogen-bond donors (Lipinski definition) is 1. The third-order valence-electron chi connectivity index (χ3n) is 4.56. The Labute approximate surface area is 236 Å². The van der Waals surface area contributed by atoms with Gasteiger partial charge in [0.1, 0.15) is 11.5 Å². The Hall–Kier alpha value is -2.86. The van der Waals surface area contributed by atoms with Crippen LogP contribution in [0.3, 0.4) is 0 Å². The van der Waals surface area contributed by atoms with Crippen LogP contribution in [0.2, 0.25) is 5.02 Å². The lowest BCUT2D eigenvalue weighted by Gasteiger charge is -2.12. The fraction of sp³-hybridized carbons (Fsp3) is 0.120. The summed E-state index contributed by atoms with van der Waals surface area (Å²) in [6.45, 7) is 6.10. The van der Waals surface area contributed by atoms with Crippen molar-refractivity contribution in [3.8, 4) is 17.2 Å². The molecule has 3 aromatic carbocycles. The minimum atomic E-state index is -4.18. The van der Waals surface area contributed by atoms with Gasteiger partial charge in [-0.3, -0.25) is 4.79 Å². The number of ether oxygens (including phenoxy) is 2. The molecule has 37 heavy (non-hydrogen) atoms. The summed E-state index contributed by atoms with van der Waals surface area (Å²) in [7, 11) is -4.18. The van der Waals surface area contributed by atoms with Crippen LogP contribution in [0.5, 0.6) is 17.2 Å². The van der Waals surface area contributed by atoms with Crippen LogP contribution >= 0.6 is 43.5 Å². The van der Waals surface area contributed by atoms with Gasteiger partial charge in [0, 0.05) is 20.6 Å².